The summed E-state index contributed by atoms with van der Waals surface area (Å²) in [4.78, 5) is 5.10. The standard InChI is InChI=1S/C82H58N4/c1-51-43-62(58-27-15-8-16-28-58)45-63(44-51)83(74-46-59(36-33-52(74)2)55-21-9-5-10-22-55)72-41-39-64-68-49-78-69(50-77(68)85-70-31-19-17-29-66(70)79(72)81(64)85)65-40-42-73(80-67-30-18-20-32-71(67)86(78)82(65)80)84(75-47-60(37-34-53(75)3)56-23-11-6-12-24-56)76-48-61(38-35-54(76)4)57-25-13-7-14-26-57/h5-50H,1-4H3. The van der Waals surface area contributed by atoms with Crippen LogP contribution in [0.5, 0.6) is 0 Å². The number of nitrogens with zero attached hydrogens (tertiary/aromatic N) is 4. The van der Waals surface area contributed by atoms with Crippen molar-refractivity contribution >= 4 is 110 Å². The van der Waals surface area contributed by atoms with Gasteiger partial charge in [-0.1, -0.05) is 212 Å². The summed E-state index contributed by atoms with van der Waals surface area (Å²) in [6.07, 6.45) is 0. The first-order valence-corrected chi connectivity index (χ1v) is 29.9. The molecule has 4 aromatic heterocycles. The zero-order valence-corrected chi connectivity index (χ0v) is 48.3. The van der Waals surface area contributed by atoms with Crippen molar-refractivity contribution in [3.63, 3.8) is 0 Å². The van der Waals surface area contributed by atoms with Crippen molar-refractivity contribution in [2.24, 2.45) is 0 Å². The van der Waals surface area contributed by atoms with E-state index < -0.39 is 0 Å². The maximum atomic E-state index is 2.57. The molecule has 0 aliphatic rings. The number of hydrogen-bond donors (Lipinski definition) is 0. The molecule has 4 heteroatoms. The Kier molecular flexibility index (Phi) is 11.2. The molecule has 0 aliphatic carbocycles. The Labute approximate surface area is 499 Å². The Balaban J connectivity index is 0.927. The molecule has 0 fully saturated rings. The third kappa shape index (κ3) is 7.56. The molecule has 0 aliphatic heterocycles. The Morgan fingerprint density at radius 1 is 0.233 bits per heavy atom. The lowest BCUT2D eigenvalue weighted by molar-refractivity contribution is 1.24. The first-order chi connectivity index (χ1) is 42.3. The zero-order valence-electron chi connectivity index (χ0n) is 48.3. The van der Waals surface area contributed by atoms with Gasteiger partial charge in [-0.3, -0.25) is 0 Å². The third-order valence-corrected chi connectivity index (χ3v) is 18.3. The normalized spacial score (nSPS) is 12.0. The highest BCUT2D eigenvalue weighted by atomic mass is 15.2. The summed E-state index contributed by atoms with van der Waals surface area (Å²) < 4.78 is 5.14. The van der Waals surface area contributed by atoms with Gasteiger partial charge in [0.2, 0.25) is 0 Å². The summed E-state index contributed by atoms with van der Waals surface area (Å²) in [5, 5.41) is 9.87. The second kappa shape index (κ2) is 19.3. The molecule has 4 heterocycles. The van der Waals surface area contributed by atoms with Crippen molar-refractivity contribution < 1.29 is 0 Å². The molecule has 4 nitrogen and oxygen atoms in total. The highest BCUT2D eigenvalue weighted by Gasteiger charge is 2.30. The summed E-state index contributed by atoms with van der Waals surface area (Å²) in [5.41, 5.74) is 28.4. The molecule has 17 rings (SSSR count). The molecule has 13 aromatic carbocycles. The maximum absolute atomic E-state index is 2.57. The van der Waals surface area contributed by atoms with Crippen LogP contribution in [0.15, 0.2) is 279 Å². The highest BCUT2D eigenvalue weighted by molar-refractivity contribution is 6.32. The summed E-state index contributed by atoms with van der Waals surface area (Å²) in [6, 6.07) is 104. The number of fused-ring (bicyclic) bond motifs is 12. The highest BCUT2D eigenvalue weighted by Crippen LogP contribution is 2.53. The molecule has 0 unspecified atom stereocenters. The van der Waals surface area contributed by atoms with E-state index in [0.717, 1.165) is 34.1 Å². The lowest BCUT2D eigenvalue weighted by atomic mass is 9.97. The van der Waals surface area contributed by atoms with E-state index >= 15 is 0 Å². The molecule has 86 heavy (non-hydrogen) atoms. The number of anilines is 6. The lowest BCUT2D eigenvalue weighted by Gasteiger charge is -2.30. The number of benzene rings is 13. The molecule has 0 bridgehead atoms. The fourth-order valence-electron chi connectivity index (χ4n) is 14.3. The van der Waals surface area contributed by atoms with Crippen LogP contribution in [0.2, 0.25) is 0 Å². The van der Waals surface area contributed by atoms with Gasteiger partial charge < -0.3 is 18.6 Å². The van der Waals surface area contributed by atoms with Gasteiger partial charge in [0.05, 0.1) is 44.5 Å². The van der Waals surface area contributed by atoms with Gasteiger partial charge in [0.1, 0.15) is 0 Å². The number of aryl methyl sites for hydroxylation is 4. The lowest BCUT2D eigenvalue weighted by Crippen LogP contribution is -2.13. The van der Waals surface area contributed by atoms with E-state index in [1.165, 1.54) is 143 Å². The molecule has 0 spiro atoms. The minimum atomic E-state index is 1.12. The average Bonchev–Trinajstić information content (AvgIpc) is 1.95. The van der Waals surface area contributed by atoms with E-state index in [-0.39, 0.29) is 0 Å². The molecular formula is C82H58N4. The van der Waals surface area contributed by atoms with Crippen LogP contribution >= 0.6 is 0 Å². The molecule has 0 saturated heterocycles. The first-order valence-electron chi connectivity index (χ1n) is 29.9. The molecular weight excluding hydrogens is 1040 g/mol. The largest absolute Gasteiger partial charge is 0.309 e. The van der Waals surface area contributed by atoms with Crippen LogP contribution in [0, 0.1) is 27.7 Å². The molecule has 0 radical (unpaired) electrons. The third-order valence-electron chi connectivity index (χ3n) is 18.3. The quantitative estimate of drug-likeness (QED) is 0.136. The number of para-hydroxylation sites is 2. The van der Waals surface area contributed by atoms with Crippen molar-refractivity contribution in [1.82, 2.24) is 8.80 Å². The van der Waals surface area contributed by atoms with Crippen LogP contribution in [0.3, 0.4) is 0 Å². The van der Waals surface area contributed by atoms with Gasteiger partial charge in [-0.15, -0.1) is 0 Å². The molecule has 406 valence electrons. The van der Waals surface area contributed by atoms with Crippen LogP contribution < -0.4 is 9.80 Å². The number of hydrogen-bond acceptors (Lipinski definition) is 2. The topological polar surface area (TPSA) is 15.3 Å². The average molecular weight is 1100 g/mol. The summed E-state index contributed by atoms with van der Waals surface area (Å²) in [5.74, 6) is 0. The SMILES string of the molecule is Cc1cc(-c2ccccc2)cc(N(c2cc(-c3ccccc3)ccc2C)c2ccc3c4cc5c(cc4n4c6ccccc6c2c34)c2ccc(N(c3cc(-c4ccccc4)ccc3C)c3cc(-c4ccccc4)ccc3C)c3c4ccccc4n5c23)c1. The first kappa shape index (κ1) is 49.7. The van der Waals surface area contributed by atoms with E-state index in [2.05, 4.69) is 325 Å². The predicted molar refractivity (Wildman–Crippen MR) is 366 cm³/mol. The van der Waals surface area contributed by atoms with Crippen LogP contribution in [-0.4, -0.2) is 8.80 Å². The van der Waals surface area contributed by atoms with Gasteiger partial charge >= 0.3 is 0 Å². The molecule has 0 N–H and O–H groups in total. The fourth-order valence-corrected chi connectivity index (χ4v) is 14.3. The van der Waals surface area contributed by atoms with Crippen molar-refractivity contribution in [2.75, 3.05) is 9.80 Å². The Morgan fingerprint density at radius 2 is 0.605 bits per heavy atom. The molecule has 0 amide bonds. The van der Waals surface area contributed by atoms with Crippen LogP contribution in [-0.2, 0) is 0 Å². The van der Waals surface area contributed by atoms with Crippen LogP contribution in [0.25, 0.3) is 121 Å². The number of aromatic nitrogens is 2. The van der Waals surface area contributed by atoms with Crippen molar-refractivity contribution in [3.05, 3.63) is 301 Å². The van der Waals surface area contributed by atoms with Gasteiger partial charge in [-0.05, 0) is 161 Å². The van der Waals surface area contributed by atoms with Gasteiger partial charge in [-0.2, -0.15) is 0 Å². The maximum Gasteiger partial charge on any atom is 0.0641 e. The summed E-state index contributed by atoms with van der Waals surface area (Å²) in [7, 11) is 0. The van der Waals surface area contributed by atoms with E-state index in [1.54, 1.807) is 0 Å². The Hall–Kier alpha value is -10.9. The Morgan fingerprint density at radius 3 is 1.03 bits per heavy atom. The van der Waals surface area contributed by atoms with Gasteiger partial charge in [0, 0.05) is 65.8 Å². The predicted octanol–water partition coefficient (Wildman–Crippen LogP) is 22.8. The van der Waals surface area contributed by atoms with Crippen molar-refractivity contribution in [2.45, 2.75) is 27.7 Å². The molecule has 0 atom stereocenters. The smallest absolute Gasteiger partial charge is 0.0641 e. The van der Waals surface area contributed by atoms with E-state index in [1.807, 2.05) is 0 Å². The minimum Gasteiger partial charge on any atom is -0.309 e. The van der Waals surface area contributed by atoms with E-state index in [4.69, 9.17) is 0 Å². The van der Waals surface area contributed by atoms with E-state index in [0.29, 0.717) is 0 Å². The van der Waals surface area contributed by atoms with Crippen molar-refractivity contribution in [3.8, 4) is 44.5 Å². The van der Waals surface area contributed by atoms with Gasteiger partial charge in [0.15, 0.2) is 0 Å². The zero-order chi connectivity index (χ0) is 57.3. The second-order valence-electron chi connectivity index (χ2n) is 23.5. The summed E-state index contributed by atoms with van der Waals surface area (Å²) in [6.45, 7) is 8.99. The Bertz CT molecular complexity index is 5410. The molecule has 0 saturated carbocycles. The van der Waals surface area contributed by atoms with Crippen LogP contribution in [0.4, 0.5) is 34.1 Å². The fraction of sp³-hybridized carbons (Fsp3) is 0.0488. The minimum absolute atomic E-state index is 1.12. The number of rotatable bonds is 10. The van der Waals surface area contributed by atoms with Gasteiger partial charge in [0.25, 0.3) is 0 Å². The summed E-state index contributed by atoms with van der Waals surface area (Å²) >= 11 is 0. The molecule has 17 aromatic rings. The van der Waals surface area contributed by atoms with E-state index in [9.17, 15) is 0 Å². The monoisotopic (exact) mass is 1100 g/mol. The van der Waals surface area contributed by atoms with Gasteiger partial charge in [-0.25, -0.2) is 0 Å². The second-order valence-corrected chi connectivity index (χ2v) is 23.5. The van der Waals surface area contributed by atoms with Crippen molar-refractivity contribution in [1.29, 1.82) is 0 Å². The van der Waals surface area contributed by atoms with Crippen LogP contribution in [0.1, 0.15) is 22.3 Å².